The van der Waals surface area contributed by atoms with Gasteiger partial charge in [0.25, 0.3) is 5.56 Å². The number of pyridine rings is 1. The van der Waals surface area contributed by atoms with Crippen LogP contribution < -0.4 is 5.56 Å². The van der Waals surface area contributed by atoms with E-state index in [1.807, 2.05) is 13.0 Å². The molecular weight excluding hydrogens is 192 g/mol. The number of hydrogen-bond donors (Lipinski definition) is 0. The Balaban J connectivity index is 2.28. The highest BCUT2D eigenvalue weighted by Gasteiger charge is 2.01. The van der Waals surface area contributed by atoms with Crippen LogP contribution in [0.15, 0.2) is 29.3 Å². The number of hydrogen-bond acceptors (Lipinski definition) is 3. The second-order valence-electron chi connectivity index (χ2n) is 3.55. The third-order valence-electron chi connectivity index (χ3n) is 2.13. The van der Waals surface area contributed by atoms with E-state index in [1.54, 1.807) is 34.8 Å². The molecule has 0 amide bonds. The van der Waals surface area contributed by atoms with Gasteiger partial charge in [-0.05, 0) is 18.6 Å². The summed E-state index contributed by atoms with van der Waals surface area (Å²) >= 11 is 0. The first-order valence-electron chi connectivity index (χ1n) is 4.67. The van der Waals surface area contributed by atoms with Gasteiger partial charge in [-0.3, -0.25) is 9.48 Å². The van der Waals surface area contributed by atoms with Crippen molar-refractivity contribution in [3.63, 3.8) is 0 Å². The van der Waals surface area contributed by atoms with Crippen LogP contribution in [0.5, 0.6) is 0 Å². The predicted molar refractivity (Wildman–Crippen MR) is 55.5 cm³/mol. The molecule has 2 aromatic rings. The highest BCUT2D eigenvalue weighted by Crippen LogP contribution is 1.96. The lowest BCUT2D eigenvalue weighted by Crippen LogP contribution is -2.19. The Hall–Kier alpha value is -1.91. The summed E-state index contributed by atoms with van der Waals surface area (Å²) in [7, 11) is 1.80. The molecule has 0 N–H and O–H groups in total. The van der Waals surface area contributed by atoms with Gasteiger partial charge in [0, 0.05) is 25.5 Å². The predicted octanol–water partition coefficient (Wildman–Crippen LogP) is 0.334. The molecule has 0 atom stereocenters. The SMILES string of the molecule is Cc1ccn(Cc2cn(C)nn2)c(=O)c1. The highest BCUT2D eigenvalue weighted by atomic mass is 16.1. The number of aryl methyl sites for hydroxylation is 2. The van der Waals surface area contributed by atoms with Gasteiger partial charge >= 0.3 is 0 Å². The average molecular weight is 204 g/mol. The molecule has 0 radical (unpaired) electrons. The first kappa shape index (κ1) is 9.64. The Morgan fingerprint density at radius 2 is 2.27 bits per heavy atom. The van der Waals surface area contributed by atoms with Gasteiger partial charge in [0.15, 0.2) is 0 Å². The van der Waals surface area contributed by atoms with Crippen molar-refractivity contribution in [2.45, 2.75) is 13.5 Å². The van der Waals surface area contributed by atoms with Crippen LogP contribution in [0.1, 0.15) is 11.3 Å². The molecule has 0 aliphatic rings. The molecule has 0 bridgehead atoms. The summed E-state index contributed by atoms with van der Waals surface area (Å²) in [6.45, 7) is 2.36. The summed E-state index contributed by atoms with van der Waals surface area (Å²) in [6.07, 6.45) is 3.57. The van der Waals surface area contributed by atoms with Gasteiger partial charge in [-0.25, -0.2) is 0 Å². The second-order valence-corrected chi connectivity index (χ2v) is 3.55. The summed E-state index contributed by atoms with van der Waals surface area (Å²) in [4.78, 5) is 11.6. The van der Waals surface area contributed by atoms with E-state index in [2.05, 4.69) is 10.3 Å². The third-order valence-corrected chi connectivity index (χ3v) is 2.13. The monoisotopic (exact) mass is 204 g/mol. The van der Waals surface area contributed by atoms with Crippen LogP contribution >= 0.6 is 0 Å². The van der Waals surface area contributed by atoms with Crippen molar-refractivity contribution >= 4 is 0 Å². The Morgan fingerprint density at radius 1 is 1.47 bits per heavy atom. The minimum absolute atomic E-state index is 0.0133. The maximum atomic E-state index is 11.6. The molecule has 5 nitrogen and oxygen atoms in total. The van der Waals surface area contributed by atoms with Crippen molar-refractivity contribution in [1.29, 1.82) is 0 Å². The first-order chi connectivity index (χ1) is 7.15. The molecule has 0 unspecified atom stereocenters. The van der Waals surface area contributed by atoms with Gasteiger partial charge in [0.1, 0.15) is 5.69 Å². The van der Waals surface area contributed by atoms with Crippen LogP contribution in [0.3, 0.4) is 0 Å². The van der Waals surface area contributed by atoms with Gasteiger partial charge in [0.2, 0.25) is 0 Å². The molecule has 15 heavy (non-hydrogen) atoms. The van der Waals surface area contributed by atoms with E-state index in [-0.39, 0.29) is 5.56 Å². The molecule has 78 valence electrons. The van der Waals surface area contributed by atoms with Crippen molar-refractivity contribution in [3.8, 4) is 0 Å². The number of rotatable bonds is 2. The van der Waals surface area contributed by atoms with Gasteiger partial charge in [0.05, 0.1) is 6.54 Å². The average Bonchev–Trinajstić information content (AvgIpc) is 2.56. The quantitative estimate of drug-likeness (QED) is 0.708. The Morgan fingerprint density at radius 3 is 2.87 bits per heavy atom. The largest absolute Gasteiger partial charge is 0.309 e. The molecule has 2 aromatic heterocycles. The normalized spacial score (nSPS) is 10.5. The molecule has 0 saturated carbocycles. The Labute approximate surface area is 87.0 Å². The molecule has 2 heterocycles. The molecule has 0 aromatic carbocycles. The summed E-state index contributed by atoms with van der Waals surface area (Å²) in [5.41, 5.74) is 1.74. The molecule has 0 aliphatic carbocycles. The summed E-state index contributed by atoms with van der Waals surface area (Å²) in [5, 5.41) is 7.74. The van der Waals surface area contributed by atoms with E-state index in [9.17, 15) is 4.79 Å². The van der Waals surface area contributed by atoms with Crippen LogP contribution in [0.2, 0.25) is 0 Å². The van der Waals surface area contributed by atoms with Gasteiger partial charge in [-0.1, -0.05) is 5.21 Å². The summed E-state index contributed by atoms with van der Waals surface area (Å²) in [6, 6.07) is 3.51. The van der Waals surface area contributed by atoms with Gasteiger partial charge < -0.3 is 4.57 Å². The van der Waals surface area contributed by atoms with E-state index in [4.69, 9.17) is 0 Å². The molecule has 0 fully saturated rings. The lowest BCUT2D eigenvalue weighted by molar-refractivity contribution is 0.705. The number of nitrogens with zero attached hydrogens (tertiary/aromatic N) is 4. The van der Waals surface area contributed by atoms with Crippen LogP contribution in [0, 0.1) is 6.92 Å². The molecule has 0 aliphatic heterocycles. The maximum Gasteiger partial charge on any atom is 0.251 e. The number of aromatic nitrogens is 4. The van der Waals surface area contributed by atoms with Crippen LogP contribution in [-0.4, -0.2) is 19.6 Å². The van der Waals surface area contributed by atoms with E-state index >= 15 is 0 Å². The fourth-order valence-electron chi connectivity index (χ4n) is 1.38. The van der Waals surface area contributed by atoms with Crippen molar-refractivity contribution in [2.24, 2.45) is 7.05 Å². The van der Waals surface area contributed by atoms with Crippen molar-refractivity contribution in [1.82, 2.24) is 19.6 Å². The maximum absolute atomic E-state index is 11.6. The molecule has 0 saturated heterocycles. The lowest BCUT2D eigenvalue weighted by atomic mass is 10.3. The van der Waals surface area contributed by atoms with E-state index in [0.717, 1.165) is 11.3 Å². The van der Waals surface area contributed by atoms with E-state index in [0.29, 0.717) is 6.54 Å². The standard InChI is InChI=1S/C10H12N4O/c1-8-3-4-14(10(15)5-8)7-9-6-13(2)12-11-9/h3-6H,7H2,1-2H3. The zero-order valence-electron chi connectivity index (χ0n) is 8.71. The molecular formula is C10H12N4O. The fraction of sp³-hybridized carbons (Fsp3) is 0.300. The summed E-state index contributed by atoms with van der Waals surface area (Å²) in [5.74, 6) is 0. The molecule has 5 heteroatoms. The first-order valence-corrected chi connectivity index (χ1v) is 4.67. The van der Waals surface area contributed by atoms with Gasteiger partial charge in [-0.2, -0.15) is 0 Å². The smallest absolute Gasteiger partial charge is 0.251 e. The minimum Gasteiger partial charge on any atom is -0.309 e. The third kappa shape index (κ3) is 2.12. The Bertz CT molecular complexity index is 526. The van der Waals surface area contributed by atoms with Crippen molar-refractivity contribution in [3.05, 3.63) is 46.1 Å². The van der Waals surface area contributed by atoms with Crippen LogP contribution in [0.25, 0.3) is 0 Å². The van der Waals surface area contributed by atoms with E-state index < -0.39 is 0 Å². The highest BCUT2D eigenvalue weighted by molar-refractivity contribution is 5.09. The zero-order valence-corrected chi connectivity index (χ0v) is 8.71. The lowest BCUT2D eigenvalue weighted by Gasteiger charge is -2.02. The minimum atomic E-state index is -0.0133. The second kappa shape index (κ2) is 3.68. The van der Waals surface area contributed by atoms with Crippen molar-refractivity contribution < 1.29 is 0 Å². The van der Waals surface area contributed by atoms with Gasteiger partial charge in [-0.15, -0.1) is 5.10 Å². The van der Waals surface area contributed by atoms with Crippen LogP contribution in [0.4, 0.5) is 0 Å². The fourth-order valence-corrected chi connectivity index (χ4v) is 1.38. The van der Waals surface area contributed by atoms with Crippen molar-refractivity contribution in [2.75, 3.05) is 0 Å². The Kier molecular flexibility index (Phi) is 2.37. The molecule has 0 spiro atoms. The van der Waals surface area contributed by atoms with E-state index in [1.165, 1.54) is 0 Å². The topological polar surface area (TPSA) is 52.7 Å². The molecule has 2 rings (SSSR count). The van der Waals surface area contributed by atoms with Crippen LogP contribution in [-0.2, 0) is 13.6 Å². The zero-order chi connectivity index (χ0) is 10.8. The summed E-state index contributed by atoms with van der Waals surface area (Å²) < 4.78 is 3.23.